The van der Waals surface area contributed by atoms with Crippen LogP contribution in [0.2, 0.25) is 0 Å². The number of ether oxygens (including phenoxy) is 1. The number of aryl methyl sites for hydroxylation is 1. The van der Waals surface area contributed by atoms with E-state index in [-0.39, 0.29) is 24.4 Å². The number of nitrogens with one attached hydrogen (secondary N) is 1. The van der Waals surface area contributed by atoms with Gasteiger partial charge in [-0.1, -0.05) is 60.5 Å². The van der Waals surface area contributed by atoms with E-state index in [9.17, 15) is 9.59 Å². The number of carbonyl (C=O) groups is 2. The zero-order valence-corrected chi connectivity index (χ0v) is 21.1. The molecule has 0 spiro atoms. The molecule has 5 rings (SSSR count). The Kier molecular flexibility index (Phi) is 7.16. The number of nitrogens with zero attached hydrogens (tertiary/aromatic N) is 4. The van der Waals surface area contributed by atoms with Crippen LogP contribution in [-0.2, 0) is 16.1 Å². The van der Waals surface area contributed by atoms with Crippen LogP contribution < -0.4 is 15.0 Å². The maximum Gasteiger partial charge on any atom is 0.249 e. The van der Waals surface area contributed by atoms with Gasteiger partial charge in [0.15, 0.2) is 0 Å². The number of amides is 2. The van der Waals surface area contributed by atoms with Gasteiger partial charge in [-0.15, -0.1) is 5.10 Å². The number of aromatic nitrogens is 3. The lowest BCUT2D eigenvalue weighted by Crippen LogP contribution is -2.47. The first-order valence-electron chi connectivity index (χ1n) is 12.7. The molecule has 1 aromatic heterocycles. The van der Waals surface area contributed by atoms with Crippen molar-refractivity contribution in [2.45, 2.75) is 51.2 Å². The van der Waals surface area contributed by atoms with Crippen LogP contribution in [0.4, 0.5) is 5.69 Å². The van der Waals surface area contributed by atoms with Crippen molar-refractivity contribution >= 4 is 28.5 Å². The second kappa shape index (κ2) is 10.8. The van der Waals surface area contributed by atoms with E-state index in [2.05, 4.69) is 15.6 Å². The van der Waals surface area contributed by atoms with Crippen molar-refractivity contribution in [2.24, 2.45) is 0 Å². The van der Waals surface area contributed by atoms with Crippen LogP contribution in [0.3, 0.4) is 0 Å². The lowest BCUT2D eigenvalue weighted by molar-refractivity contribution is -0.127. The quantitative estimate of drug-likeness (QED) is 0.385. The Hall–Kier alpha value is -4.20. The summed E-state index contributed by atoms with van der Waals surface area (Å²) in [5.74, 6) is 0.126. The third-order valence-corrected chi connectivity index (χ3v) is 7.00. The molecule has 1 aliphatic carbocycles. The van der Waals surface area contributed by atoms with E-state index in [1.165, 1.54) is 0 Å². The summed E-state index contributed by atoms with van der Waals surface area (Å²) >= 11 is 0. The number of hydrogen-bond donors (Lipinski definition) is 1. The number of hydrogen-bond acceptors (Lipinski definition) is 5. The molecule has 0 aliphatic heterocycles. The SMILES string of the molecule is COc1cccc(N(C(=O)Cn2nnc3ccccc32)[C@H](C(=O)NC2CCCC2)c2ccccc2C)c1. The molecule has 1 saturated carbocycles. The Labute approximate surface area is 216 Å². The van der Waals surface area contributed by atoms with Gasteiger partial charge >= 0.3 is 0 Å². The molecular weight excluding hydrogens is 466 g/mol. The van der Waals surface area contributed by atoms with Gasteiger partial charge in [-0.25, -0.2) is 4.68 Å². The van der Waals surface area contributed by atoms with Gasteiger partial charge < -0.3 is 10.1 Å². The summed E-state index contributed by atoms with van der Waals surface area (Å²) in [4.78, 5) is 29.7. The van der Waals surface area contributed by atoms with Crippen molar-refractivity contribution in [3.63, 3.8) is 0 Å². The Bertz CT molecular complexity index is 1410. The van der Waals surface area contributed by atoms with Crippen molar-refractivity contribution < 1.29 is 14.3 Å². The molecule has 37 heavy (non-hydrogen) atoms. The zero-order chi connectivity index (χ0) is 25.8. The van der Waals surface area contributed by atoms with E-state index in [4.69, 9.17) is 4.74 Å². The summed E-state index contributed by atoms with van der Waals surface area (Å²) in [6, 6.07) is 21.7. The number of benzene rings is 3. The van der Waals surface area contributed by atoms with Gasteiger partial charge in [0.2, 0.25) is 11.8 Å². The highest BCUT2D eigenvalue weighted by Gasteiger charge is 2.35. The molecule has 8 heteroatoms. The zero-order valence-electron chi connectivity index (χ0n) is 21.1. The standard InChI is InChI=1S/C29H31N5O3/c1-20-10-3-6-15-24(20)28(29(36)30-21-11-4-5-12-21)34(22-13-9-14-23(18-22)37-2)27(35)19-33-26-17-8-7-16-25(26)31-32-33/h3,6-10,13-18,21,28H,4-5,11-12,19H2,1-2H3,(H,30,36)/t28-/m0/s1. The highest BCUT2D eigenvalue weighted by Crippen LogP contribution is 2.33. The second-order valence-electron chi connectivity index (χ2n) is 9.45. The number of rotatable bonds is 8. The summed E-state index contributed by atoms with van der Waals surface area (Å²) < 4.78 is 7.04. The second-order valence-corrected chi connectivity index (χ2v) is 9.45. The molecule has 8 nitrogen and oxygen atoms in total. The average molecular weight is 498 g/mol. The van der Waals surface area contributed by atoms with E-state index >= 15 is 0 Å². The predicted octanol–water partition coefficient (Wildman–Crippen LogP) is 4.58. The molecule has 0 radical (unpaired) electrons. The van der Waals surface area contributed by atoms with Gasteiger partial charge in [0, 0.05) is 17.8 Å². The van der Waals surface area contributed by atoms with Crippen LogP contribution in [0.5, 0.6) is 5.75 Å². The molecule has 4 aromatic rings. The molecule has 0 unspecified atom stereocenters. The van der Waals surface area contributed by atoms with Crippen molar-refractivity contribution in [1.29, 1.82) is 0 Å². The highest BCUT2D eigenvalue weighted by molar-refractivity contribution is 6.02. The fraction of sp³-hybridized carbons (Fsp3) is 0.310. The summed E-state index contributed by atoms with van der Waals surface area (Å²) in [5, 5.41) is 11.6. The van der Waals surface area contributed by atoms with Gasteiger partial charge in [-0.05, 0) is 55.2 Å². The molecule has 0 bridgehead atoms. The topological polar surface area (TPSA) is 89.3 Å². The van der Waals surface area contributed by atoms with Gasteiger partial charge in [0.25, 0.3) is 0 Å². The first kappa shape index (κ1) is 24.5. The molecule has 0 saturated heterocycles. The molecule has 1 heterocycles. The van der Waals surface area contributed by atoms with Gasteiger partial charge in [0.05, 0.1) is 12.6 Å². The minimum absolute atomic E-state index is 0.0726. The summed E-state index contributed by atoms with van der Waals surface area (Å²) in [7, 11) is 1.58. The fourth-order valence-electron chi connectivity index (χ4n) is 5.08. The van der Waals surface area contributed by atoms with Crippen molar-refractivity contribution in [1.82, 2.24) is 20.3 Å². The Balaban J connectivity index is 1.60. The maximum absolute atomic E-state index is 14.1. The lowest BCUT2D eigenvalue weighted by Gasteiger charge is -2.33. The normalized spacial score (nSPS) is 14.4. The lowest BCUT2D eigenvalue weighted by atomic mass is 9.97. The minimum atomic E-state index is -0.865. The van der Waals surface area contributed by atoms with Crippen LogP contribution in [-0.4, -0.2) is 40.0 Å². The van der Waals surface area contributed by atoms with Crippen LogP contribution in [0.25, 0.3) is 11.0 Å². The third-order valence-electron chi connectivity index (χ3n) is 7.00. The molecular formula is C29H31N5O3. The molecule has 1 atom stereocenters. The van der Waals surface area contributed by atoms with Crippen molar-refractivity contribution in [2.75, 3.05) is 12.0 Å². The fourth-order valence-corrected chi connectivity index (χ4v) is 5.08. The van der Waals surface area contributed by atoms with Gasteiger partial charge in [-0.2, -0.15) is 0 Å². The van der Waals surface area contributed by atoms with E-state index in [0.717, 1.165) is 42.3 Å². The monoisotopic (exact) mass is 497 g/mol. The summed E-state index contributed by atoms with van der Waals surface area (Å²) in [5.41, 5.74) is 3.74. The molecule has 1 fully saturated rings. The smallest absolute Gasteiger partial charge is 0.249 e. The number of methoxy groups -OCH3 is 1. The van der Waals surface area contributed by atoms with E-state index in [0.29, 0.717) is 17.0 Å². The molecule has 3 aromatic carbocycles. The Morgan fingerprint density at radius 2 is 1.81 bits per heavy atom. The number of para-hydroxylation sites is 1. The van der Waals surface area contributed by atoms with Crippen LogP contribution in [0.15, 0.2) is 72.8 Å². The van der Waals surface area contributed by atoms with Crippen molar-refractivity contribution in [3.8, 4) is 5.75 Å². The minimum Gasteiger partial charge on any atom is -0.497 e. The molecule has 1 N–H and O–H groups in total. The summed E-state index contributed by atoms with van der Waals surface area (Å²) in [6.07, 6.45) is 4.09. The first-order valence-corrected chi connectivity index (χ1v) is 12.7. The van der Waals surface area contributed by atoms with Crippen LogP contribution >= 0.6 is 0 Å². The third kappa shape index (κ3) is 5.18. The first-order chi connectivity index (χ1) is 18.0. The Morgan fingerprint density at radius 3 is 2.59 bits per heavy atom. The van der Waals surface area contributed by atoms with E-state index in [1.54, 1.807) is 22.8 Å². The largest absolute Gasteiger partial charge is 0.497 e. The van der Waals surface area contributed by atoms with Crippen LogP contribution in [0.1, 0.15) is 42.9 Å². The van der Waals surface area contributed by atoms with Crippen LogP contribution in [0, 0.1) is 6.92 Å². The predicted molar refractivity (Wildman–Crippen MR) is 142 cm³/mol. The van der Waals surface area contributed by atoms with Crippen molar-refractivity contribution in [3.05, 3.63) is 83.9 Å². The average Bonchev–Trinajstić information content (AvgIpc) is 3.58. The number of anilines is 1. The highest BCUT2D eigenvalue weighted by atomic mass is 16.5. The van der Waals surface area contributed by atoms with Gasteiger partial charge in [-0.3, -0.25) is 14.5 Å². The summed E-state index contributed by atoms with van der Waals surface area (Å²) in [6.45, 7) is 1.89. The van der Waals surface area contributed by atoms with E-state index < -0.39 is 6.04 Å². The van der Waals surface area contributed by atoms with Gasteiger partial charge in [0.1, 0.15) is 23.9 Å². The number of carbonyl (C=O) groups excluding carboxylic acids is 2. The molecule has 1 aliphatic rings. The Morgan fingerprint density at radius 1 is 1.05 bits per heavy atom. The number of fused-ring (bicyclic) bond motifs is 1. The molecule has 190 valence electrons. The van der Waals surface area contributed by atoms with E-state index in [1.807, 2.05) is 73.7 Å². The molecule has 2 amide bonds. The maximum atomic E-state index is 14.1.